The third-order valence-electron chi connectivity index (χ3n) is 6.39. The molecule has 2 saturated heterocycles. The summed E-state index contributed by atoms with van der Waals surface area (Å²) in [4.78, 5) is 39.7. The summed E-state index contributed by atoms with van der Waals surface area (Å²) in [5.74, 6) is -2.01. The molecule has 0 bridgehead atoms. The molecule has 0 amide bonds. The van der Waals surface area contributed by atoms with Crippen LogP contribution in [0, 0.1) is 17.8 Å². The number of benzene rings is 1. The summed E-state index contributed by atoms with van der Waals surface area (Å²) >= 11 is 10.8. The van der Waals surface area contributed by atoms with E-state index in [1.807, 2.05) is 12.1 Å². The van der Waals surface area contributed by atoms with Gasteiger partial charge < -0.3 is 10.1 Å². The van der Waals surface area contributed by atoms with Crippen molar-refractivity contribution < 1.29 is 19.1 Å². The lowest BCUT2D eigenvalue weighted by atomic mass is 9.82. The molecular weight excluding hydrogens is 420 g/mol. The normalized spacial score (nSPS) is 28.6. The Balaban J connectivity index is 1.48. The number of ether oxygens (including phenoxy) is 1. The highest BCUT2D eigenvalue weighted by Gasteiger charge is 2.49. The van der Waals surface area contributed by atoms with Gasteiger partial charge in [0.25, 0.3) is 0 Å². The Hall–Kier alpha value is -1.87. The van der Waals surface area contributed by atoms with E-state index in [9.17, 15) is 14.4 Å². The van der Waals surface area contributed by atoms with Gasteiger partial charge in [-0.05, 0) is 29.9 Å². The first-order valence-corrected chi connectivity index (χ1v) is 11.0. The SMILES string of the molecule is COC(=O)[C@H]1NCC(=S)C1C(=O)[C@H]1NCC(=S)C1C(=O)CC1Cc2ccccc2C1. The lowest BCUT2D eigenvalue weighted by Crippen LogP contribution is -2.49. The fourth-order valence-electron chi connectivity index (χ4n) is 4.95. The standard InChI is InChI=1S/C22H24N2O4S2/c1-28-22(27)20-18(16(30)10-24-20)21(26)19-17(15(29)9-23-19)14(25)8-11-6-12-4-2-3-5-13(12)7-11/h2-5,11,17-20,23-24H,6-10H2,1H3/t17?,18?,19-,20-/m0/s1. The second-order valence-corrected chi connectivity index (χ2v) is 9.29. The van der Waals surface area contributed by atoms with Crippen LogP contribution in [0.1, 0.15) is 17.5 Å². The topological polar surface area (TPSA) is 84.5 Å². The molecule has 4 rings (SSSR count). The first-order valence-electron chi connectivity index (χ1n) is 10.1. The molecule has 2 aliphatic heterocycles. The highest BCUT2D eigenvalue weighted by atomic mass is 32.1. The zero-order valence-electron chi connectivity index (χ0n) is 16.7. The van der Waals surface area contributed by atoms with E-state index in [1.165, 1.54) is 18.2 Å². The van der Waals surface area contributed by atoms with E-state index >= 15 is 0 Å². The number of esters is 1. The summed E-state index contributed by atoms with van der Waals surface area (Å²) in [6.45, 7) is 0.629. The van der Waals surface area contributed by atoms with Crippen LogP contribution >= 0.6 is 24.4 Å². The minimum absolute atomic E-state index is 0.00681. The molecule has 1 aliphatic carbocycles. The van der Waals surface area contributed by atoms with Crippen molar-refractivity contribution in [1.82, 2.24) is 10.6 Å². The van der Waals surface area contributed by atoms with Crippen LogP contribution < -0.4 is 10.6 Å². The van der Waals surface area contributed by atoms with Crippen LogP contribution in [0.15, 0.2) is 24.3 Å². The maximum absolute atomic E-state index is 13.4. The van der Waals surface area contributed by atoms with Gasteiger partial charge in [0.1, 0.15) is 11.8 Å². The Morgan fingerprint density at radius 3 is 2.13 bits per heavy atom. The van der Waals surface area contributed by atoms with Crippen LogP contribution in [0.5, 0.6) is 0 Å². The quantitative estimate of drug-likeness (QED) is 0.497. The lowest BCUT2D eigenvalue weighted by Gasteiger charge is -2.24. The van der Waals surface area contributed by atoms with Crippen molar-refractivity contribution in [3.63, 3.8) is 0 Å². The van der Waals surface area contributed by atoms with Crippen molar-refractivity contribution in [2.24, 2.45) is 17.8 Å². The number of carbonyl (C=O) groups is 3. The predicted octanol–water partition coefficient (Wildman–Crippen LogP) is 1.02. The van der Waals surface area contributed by atoms with Crippen molar-refractivity contribution >= 4 is 51.7 Å². The molecule has 3 aliphatic rings. The van der Waals surface area contributed by atoms with Crippen LogP contribution in [0.25, 0.3) is 0 Å². The second kappa shape index (κ2) is 8.70. The molecule has 0 radical (unpaired) electrons. The summed E-state index contributed by atoms with van der Waals surface area (Å²) in [7, 11) is 1.28. The minimum atomic E-state index is -0.814. The number of ketones is 2. The summed E-state index contributed by atoms with van der Waals surface area (Å²) in [5, 5.41) is 6.06. The van der Waals surface area contributed by atoms with E-state index < -0.39 is 29.9 Å². The van der Waals surface area contributed by atoms with Crippen LogP contribution in [-0.2, 0) is 32.0 Å². The molecule has 0 aromatic heterocycles. The van der Waals surface area contributed by atoms with Gasteiger partial charge in [-0.3, -0.25) is 19.7 Å². The Morgan fingerprint density at radius 2 is 1.53 bits per heavy atom. The lowest BCUT2D eigenvalue weighted by molar-refractivity contribution is -0.145. The predicted molar refractivity (Wildman–Crippen MR) is 120 cm³/mol. The van der Waals surface area contributed by atoms with E-state index in [0.717, 1.165) is 12.8 Å². The molecule has 1 aromatic carbocycles. The van der Waals surface area contributed by atoms with E-state index in [1.54, 1.807) is 0 Å². The van der Waals surface area contributed by atoms with Gasteiger partial charge >= 0.3 is 5.97 Å². The van der Waals surface area contributed by atoms with Crippen LogP contribution in [0.4, 0.5) is 0 Å². The molecule has 1 aromatic rings. The van der Waals surface area contributed by atoms with Crippen molar-refractivity contribution in [3.05, 3.63) is 35.4 Å². The van der Waals surface area contributed by atoms with Crippen LogP contribution in [-0.4, -0.2) is 59.5 Å². The number of hydrogen-bond donors (Lipinski definition) is 2. The monoisotopic (exact) mass is 444 g/mol. The Bertz CT molecular complexity index is 906. The molecule has 0 saturated carbocycles. The summed E-state index contributed by atoms with van der Waals surface area (Å²) in [6.07, 6.45) is 2.13. The van der Waals surface area contributed by atoms with Crippen LogP contribution in [0.2, 0.25) is 0 Å². The number of Topliss-reactive ketones (excluding diaryl/α,β-unsaturated/α-hetero) is 2. The van der Waals surface area contributed by atoms with Crippen molar-refractivity contribution in [3.8, 4) is 0 Å². The van der Waals surface area contributed by atoms with E-state index in [0.29, 0.717) is 29.2 Å². The van der Waals surface area contributed by atoms with Gasteiger partial charge in [0.2, 0.25) is 0 Å². The van der Waals surface area contributed by atoms with Gasteiger partial charge in [-0.2, -0.15) is 0 Å². The molecule has 2 fully saturated rings. The first-order chi connectivity index (χ1) is 14.4. The molecular formula is C22H24N2O4S2. The van der Waals surface area contributed by atoms with Crippen molar-refractivity contribution in [2.75, 3.05) is 20.2 Å². The molecule has 4 atom stereocenters. The first kappa shape index (κ1) is 21.4. The van der Waals surface area contributed by atoms with E-state index in [-0.39, 0.29) is 17.5 Å². The smallest absolute Gasteiger partial charge is 0.323 e. The number of carbonyl (C=O) groups excluding carboxylic acids is 3. The average Bonchev–Trinajstić information content (AvgIpc) is 3.42. The van der Waals surface area contributed by atoms with Gasteiger partial charge in [-0.25, -0.2) is 0 Å². The van der Waals surface area contributed by atoms with Crippen LogP contribution in [0.3, 0.4) is 0 Å². The molecule has 2 heterocycles. The van der Waals surface area contributed by atoms with E-state index in [2.05, 4.69) is 22.8 Å². The third kappa shape index (κ3) is 3.89. The fourth-order valence-corrected chi connectivity index (χ4v) is 5.63. The van der Waals surface area contributed by atoms with Gasteiger partial charge in [-0.1, -0.05) is 48.7 Å². The average molecular weight is 445 g/mol. The number of methoxy groups -OCH3 is 1. The Kier molecular flexibility index (Phi) is 6.20. The largest absolute Gasteiger partial charge is 0.468 e. The fraction of sp³-hybridized carbons (Fsp3) is 0.500. The van der Waals surface area contributed by atoms with Gasteiger partial charge in [-0.15, -0.1) is 0 Å². The Morgan fingerprint density at radius 1 is 0.967 bits per heavy atom. The number of thiocarbonyl (C=S) groups is 2. The Labute approximate surface area is 186 Å². The number of rotatable bonds is 6. The third-order valence-corrected chi connectivity index (χ3v) is 7.19. The highest BCUT2D eigenvalue weighted by Crippen LogP contribution is 2.32. The molecule has 8 heteroatoms. The molecule has 30 heavy (non-hydrogen) atoms. The minimum Gasteiger partial charge on any atom is -0.468 e. The molecule has 2 N–H and O–H groups in total. The second-order valence-electron chi connectivity index (χ2n) is 8.24. The zero-order chi connectivity index (χ0) is 21.4. The molecule has 0 spiro atoms. The molecule has 2 unspecified atom stereocenters. The summed E-state index contributed by atoms with van der Waals surface area (Å²) in [6, 6.07) is 6.69. The number of hydrogen-bond acceptors (Lipinski definition) is 8. The van der Waals surface area contributed by atoms with Crippen molar-refractivity contribution in [1.29, 1.82) is 0 Å². The molecule has 6 nitrogen and oxygen atoms in total. The number of fused-ring (bicyclic) bond motifs is 1. The van der Waals surface area contributed by atoms with Gasteiger partial charge in [0.15, 0.2) is 5.78 Å². The van der Waals surface area contributed by atoms with E-state index in [4.69, 9.17) is 29.2 Å². The van der Waals surface area contributed by atoms with Gasteiger partial charge in [0.05, 0.1) is 25.0 Å². The van der Waals surface area contributed by atoms with Crippen molar-refractivity contribution in [2.45, 2.75) is 31.3 Å². The van der Waals surface area contributed by atoms with Gasteiger partial charge in [0, 0.05) is 29.2 Å². The summed E-state index contributed by atoms with van der Waals surface area (Å²) in [5.41, 5.74) is 2.58. The number of nitrogens with one attached hydrogen (secondary N) is 2. The zero-order valence-corrected chi connectivity index (χ0v) is 18.3. The maximum atomic E-state index is 13.4. The highest BCUT2D eigenvalue weighted by molar-refractivity contribution is 7.80. The maximum Gasteiger partial charge on any atom is 0.323 e. The molecule has 158 valence electrons. The summed E-state index contributed by atoms with van der Waals surface area (Å²) < 4.78 is 4.81.